The normalized spacial score (nSPS) is 16.9. The van der Waals surface area contributed by atoms with E-state index < -0.39 is 0 Å². The molecule has 1 aromatic heterocycles. The van der Waals surface area contributed by atoms with Crippen molar-refractivity contribution in [1.29, 1.82) is 0 Å². The number of carbonyl (C=O) groups excluding carboxylic acids is 1. The number of thiophene rings is 1. The molecule has 132 valence electrons. The topological polar surface area (TPSA) is 66.2 Å². The summed E-state index contributed by atoms with van der Waals surface area (Å²) in [6.07, 6.45) is 2.27. The fourth-order valence-corrected chi connectivity index (χ4v) is 4.94. The van der Waals surface area contributed by atoms with Crippen molar-refractivity contribution in [2.45, 2.75) is 13.0 Å². The van der Waals surface area contributed by atoms with Crippen molar-refractivity contribution in [3.63, 3.8) is 0 Å². The van der Waals surface area contributed by atoms with E-state index in [1.807, 2.05) is 0 Å². The second-order valence-corrected chi connectivity index (χ2v) is 8.28. The van der Waals surface area contributed by atoms with Gasteiger partial charge in [0.1, 0.15) is 17.1 Å². The van der Waals surface area contributed by atoms with Crippen LogP contribution in [0.1, 0.15) is 26.4 Å². The molecule has 2 heterocycles. The Labute approximate surface area is 163 Å². The molecule has 1 unspecified atom stereocenters. The van der Waals surface area contributed by atoms with E-state index in [1.54, 1.807) is 12.1 Å². The van der Waals surface area contributed by atoms with Crippen LogP contribution in [0.5, 0.6) is 5.75 Å². The van der Waals surface area contributed by atoms with Gasteiger partial charge >= 0.3 is 5.97 Å². The van der Waals surface area contributed by atoms with Crippen molar-refractivity contribution < 1.29 is 19.5 Å². The highest BCUT2D eigenvalue weighted by Gasteiger charge is 2.29. The van der Waals surface area contributed by atoms with Crippen molar-refractivity contribution in [3.8, 4) is 5.75 Å². The Bertz CT molecular complexity index is 866. The number of nitrogens with zero attached hydrogens (tertiary/aromatic N) is 1. The maximum atomic E-state index is 12.2. The first-order chi connectivity index (χ1) is 11.9. The zero-order chi connectivity index (χ0) is 18.1. The van der Waals surface area contributed by atoms with E-state index in [9.17, 15) is 9.90 Å². The molecule has 5 nitrogen and oxygen atoms in total. The largest absolute Gasteiger partial charge is 0.871 e. The van der Waals surface area contributed by atoms with E-state index >= 15 is 0 Å². The molecule has 3 rings (SSSR count). The molecule has 2 aromatic rings. The van der Waals surface area contributed by atoms with Crippen LogP contribution in [-0.4, -0.2) is 32.9 Å². The minimum atomic E-state index is -0.390. The summed E-state index contributed by atoms with van der Waals surface area (Å²) < 4.78 is 5.64. The molecular formula is C17H16BrClN2O3S. The molecule has 25 heavy (non-hydrogen) atoms. The fourth-order valence-electron chi connectivity index (χ4n) is 2.81. The van der Waals surface area contributed by atoms with Gasteiger partial charge in [-0.15, -0.1) is 11.3 Å². The average molecular weight is 444 g/mol. The van der Waals surface area contributed by atoms with E-state index in [-0.39, 0.29) is 16.7 Å². The molecule has 1 aliphatic heterocycles. The highest BCUT2D eigenvalue weighted by molar-refractivity contribution is 9.10. The maximum Gasteiger partial charge on any atom is 0.341 e. The Morgan fingerprint density at radius 3 is 3.00 bits per heavy atom. The maximum absolute atomic E-state index is 12.2. The zero-order valence-corrected chi connectivity index (χ0v) is 16.8. The van der Waals surface area contributed by atoms with Gasteiger partial charge < -0.3 is 14.7 Å². The number of benzene rings is 1. The number of hydrogen-bond donors (Lipinski definition) is 1. The van der Waals surface area contributed by atoms with Crippen LogP contribution in [0.4, 0.5) is 5.00 Å². The summed E-state index contributed by atoms with van der Waals surface area (Å²) in [5.41, 5.74) is 1.90. The van der Waals surface area contributed by atoms with Gasteiger partial charge in [0.25, 0.3) is 0 Å². The van der Waals surface area contributed by atoms with Gasteiger partial charge in [0.05, 0.1) is 25.6 Å². The van der Waals surface area contributed by atoms with Gasteiger partial charge in [0.15, 0.2) is 0 Å². The Balaban J connectivity index is 2.04. The first kappa shape index (κ1) is 18.4. The zero-order valence-electron chi connectivity index (χ0n) is 13.7. The van der Waals surface area contributed by atoms with E-state index in [2.05, 4.69) is 28.0 Å². The van der Waals surface area contributed by atoms with Gasteiger partial charge in [-0.25, -0.2) is 9.79 Å². The SMILES string of the molecule is COC(=O)c1c(N=Cc2cc(Br)cc(Cl)c2[O-])sc2c1CC[NH+](C)C2. The Hall–Kier alpha value is -1.41. The second-order valence-electron chi connectivity index (χ2n) is 5.87. The summed E-state index contributed by atoms with van der Waals surface area (Å²) >= 11 is 10.7. The quantitative estimate of drug-likeness (QED) is 0.585. The number of carbonyl (C=O) groups is 1. The molecule has 0 spiro atoms. The van der Waals surface area contributed by atoms with Crippen LogP contribution in [0.3, 0.4) is 0 Å². The van der Waals surface area contributed by atoms with Gasteiger partial charge in [0, 0.05) is 22.1 Å². The average Bonchev–Trinajstić information content (AvgIpc) is 2.93. The smallest absolute Gasteiger partial charge is 0.341 e. The molecule has 1 aromatic carbocycles. The molecule has 0 fully saturated rings. The molecule has 0 bridgehead atoms. The van der Waals surface area contributed by atoms with Gasteiger partial charge in [-0.1, -0.05) is 33.3 Å². The highest BCUT2D eigenvalue weighted by atomic mass is 79.9. The van der Waals surface area contributed by atoms with Gasteiger partial charge in [-0.2, -0.15) is 0 Å². The standard InChI is InChI=1S/C17H16BrClN2O3S/c1-21-4-3-11-13(8-21)25-16(14(11)17(23)24-2)20-7-9-5-10(18)6-12(19)15(9)22/h5-7,22H,3-4,8H2,1-2H3. The molecule has 0 amide bonds. The molecular weight excluding hydrogens is 428 g/mol. The van der Waals surface area contributed by atoms with Crippen molar-refractivity contribution in [3.05, 3.63) is 43.2 Å². The fraction of sp³-hybridized carbons (Fsp3) is 0.294. The van der Waals surface area contributed by atoms with Crippen molar-refractivity contribution in [1.82, 2.24) is 0 Å². The monoisotopic (exact) mass is 442 g/mol. The van der Waals surface area contributed by atoms with Gasteiger partial charge in [-0.3, -0.25) is 0 Å². The lowest BCUT2D eigenvalue weighted by molar-refractivity contribution is -0.895. The summed E-state index contributed by atoms with van der Waals surface area (Å²) in [5.74, 6) is -0.683. The predicted octanol–water partition coefficient (Wildman–Crippen LogP) is 2.35. The number of methoxy groups -OCH3 is 1. The molecule has 8 heteroatoms. The number of esters is 1. The number of halogens is 2. The lowest BCUT2D eigenvalue weighted by Crippen LogP contribution is -3.08. The summed E-state index contributed by atoms with van der Waals surface area (Å²) in [6, 6.07) is 3.20. The predicted molar refractivity (Wildman–Crippen MR) is 101 cm³/mol. The van der Waals surface area contributed by atoms with Crippen LogP contribution in [0, 0.1) is 0 Å². The molecule has 1 N–H and O–H groups in total. The lowest BCUT2D eigenvalue weighted by Gasteiger charge is -2.19. The van der Waals surface area contributed by atoms with Gasteiger partial charge in [-0.05, 0) is 23.3 Å². The molecule has 0 radical (unpaired) electrons. The molecule has 0 aliphatic carbocycles. The third kappa shape index (κ3) is 3.74. The van der Waals surface area contributed by atoms with E-state index in [1.165, 1.54) is 29.6 Å². The van der Waals surface area contributed by atoms with Crippen LogP contribution in [0.25, 0.3) is 0 Å². The van der Waals surface area contributed by atoms with Crippen LogP contribution >= 0.6 is 38.9 Å². The first-order valence-electron chi connectivity index (χ1n) is 7.65. The second kappa shape index (κ2) is 7.45. The number of quaternary nitrogens is 1. The van der Waals surface area contributed by atoms with Crippen LogP contribution in [-0.2, 0) is 17.7 Å². The summed E-state index contributed by atoms with van der Waals surface area (Å²) in [4.78, 5) is 19.2. The van der Waals surface area contributed by atoms with E-state index in [0.717, 1.165) is 30.0 Å². The highest BCUT2D eigenvalue weighted by Crippen LogP contribution is 2.37. The number of rotatable bonds is 3. The van der Waals surface area contributed by atoms with Gasteiger partial charge in [0.2, 0.25) is 0 Å². The van der Waals surface area contributed by atoms with Crippen molar-refractivity contribution in [2.24, 2.45) is 4.99 Å². The number of nitrogens with one attached hydrogen (secondary N) is 1. The Morgan fingerprint density at radius 2 is 2.28 bits per heavy atom. The minimum Gasteiger partial charge on any atom is -0.871 e. The number of ether oxygens (including phenoxy) is 1. The van der Waals surface area contributed by atoms with Crippen LogP contribution in [0.15, 0.2) is 21.6 Å². The Morgan fingerprint density at radius 1 is 1.52 bits per heavy atom. The molecule has 0 saturated heterocycles. The molecule has 1 aliphatic rings. The van der Waals surface area contributed by atoms with Crippen LogP contribution < -0.4 is 10.0 Å². The summed E-state index contributed by atoms with van der Waals surface area (Å²) in [6.45, 7) is 1.82. The number of aliphatic imine (C=N–C) groups is 1. The van der Waals surface area contributed by atoms with E-state index in [0.29, 0.717) is 20.6 Å². The number of hydrogen-bond acceptors (Lipinski definition) is 5. The first-order valence-corrected chi connectivity index (χ1v) is 9.63. The summed E-state index contributed by atoms with van der Waals surface area (Å²) in [5, 5.41) is 12.8. The minimum absolute atomic E-state index is 0.125. The van der Waals surface area contributed by atoms with Crippen molar-refractivity contribution >= 4 is 56.1 Å². The van der Waals surface area contributed by atoms with E-state index in [4.69, 9.17) is 16.3 Å². The lowest BCUT2D eigenvalue weighted by atomic mass is 10.0. The third-order valence-corrected chi connectivity index (χ3v) is 5.96. The van der Waals surface area contributed by atoms with Crippen LogP contribution in [0.2, 0.25) is 5.02 Å². The third-order valence-electron chi connectivity index (χ3n) is 4.08. The number of fused-ring (bicyclic) bond motifs is 1. The summed E-state index contributed by atoms with van der Waals surface area (Å²) in [7, 11) is 3.49. The van der Waals surface area contributed by atoms with Crippen molar-refractivity contribution in [2.75, 3.05) is 20.7 Å². The number of likely N-dealkylation sites (N-methyl/N-ethyl adjacent to an activating group) is 1. The molecule has 1 atom stereocenters. The Kier molecular flexibility index (Phi) is 5.48. The molecule has 0 saturated carbocycles.